The molecule has 1 aliphatic heterocycles. The van der Waals surface area contributed by atoms with Gasteiger partial charge in [-0.25, -0.2) is 10.0 Å². The minimum atomic E-state index is -3.01. The van der Waals surface area contributed by atoms with Crippen LogP contribution in [0.4, 0.5) is 14.5 Å². The van der Waals surface area contributed by atoms with E-state index in [-0.39, 0.29) is 23.4 Å². The van der Waals surface area contributed by atoms with Gasteiger partial charge in [0.2, 0.25) is 5.96 Å². The molecule has 0 amide bonds. The second-order valence-electron chi connectivity index (χ2n) is 8.49. The lowest BCUT2D eigenvalue weighted by atomic mass is 10.0. The van der Waals surface area contributed by atoms with Crippen LogP contribution in [0.25, 0.3) is 0 Å². The standard InChI is InChI=1S/C25H29Cl2F2N7O2/c1-4-31-21-14-36(34-23(21)16-6-8-18(26)19(27)12-16)25(32-15-30)33-20-13-17(38-24(28)29)7-9-22(20)37-11-5-10-35(2)3/h6-9,12-13,21,24,31H,4-5,10-11,14H2,1-3H3,(H,32,33). The van der Waals surface area contributed by atoms with Crippen molar-refractivity contribution in [3.05, 3.63) is 52.0 Å². The van der Waals surface area contributed by atoms with E-state index < -0.39 is 6.61 Å². The number of hydrazone groups is 1. The molecule has 3 rings (SSSR count). The van der Waals surface area contributed by atoms with Crippen LogP contribution in [0.3, 0.4) is 0 Å². The molecule has 13 heteroatoms. The third-order valence-corrected chi connectivity index (χ3v) is 6.12. The summed E-state index contributed by atoms with van der Waals surface area (Å²) in [4.78, 5) is 6.56. The molecular formula is C25H29Cl2F2N7O2. The summed E-state index contributed by atoms with van der Waals surface area (Å²) in [5, 5.41) is 22.3. The van der Waals surface area contributed by atoms with Gasteiger partial charge in [-0.2, -0.15) is 19.1 Å². The Hall–Kier alpha value is -3.17. The van der Waals surface area contributed by atoms with E-state index in [0.29, 0.717) is 41.2 Å². The highest BCUT2D eigenvalue weighted by atomic mass is 35.5. The highest BCUT2D eigenvalue weighted by Gasteiger charge is 2.30. The Morgan fingerprint density at radius 1 is 1.26 bits per heavy atom. The molecule has 1 aliphatic rings. The first kappa shape index (κ1) is 29.4. The second-order valence-corrected chi connectivity index (χ2v) is 9.31. The van der Waals surface area contributed by atoms with Crippen molar-refractivity contribution >= 4 is 40.6 Å². The number of hydrogen-bond acceptors (Lipinski definition) is 7. The Kier molecular flexibility index (Phi) is 10.9. The maximum Gasteiger partial charge on any atom is 0.387 e. The zero-order valence-corrected chi connectivity index (χ0v) is 22.7. The largest absolute Gasteiger partial charge is 0.491 e. The molecule has 1 unspecified atom stereocenters. The van der Waals surface area contributed by atoms with Crippen molar-refractivity contribution in [1.29, 1.82) is 5.26 Å². The molecule has 0 saturated heterocycles. The van der Waals surface area contributed by atoms with E-state index in [0.717, 1.165) is 18.5 Å². The van der Waals surface area contributed by atoms with Crippen molar-refractivity contribution in [3.8, 4) is 17.7 Å². The Bertz CT molecular complexity index is 1200. The van der Waals surface area contributed by atoms with Gasteiger partial charge in [-0.1, -0.05) is 36.2 Å². The Balaban J connectivity index is 1.98. The summed E-state index contributed by atoms with van der Waals surface area (Å²) in [5.74, 6) is 0.333. The lowest BCUT2D eigenvalue weighted by Crippen LogP contribution is -2.42. The van der Waals surface area contributed by atoms with Crippen LogP contribution in [0.1, 0.15) is 18.9 Å². The van der Waals surface area contributed by atoms with E-state index in [1.165, 1.54) is 23.2 Å². The molecule has 1 heterocycles. The van der Waals surface area contributed by atoms with Gasteiger partial charge in [-0.15, -0.1) is 0 Å². The fourth-order valence-corrected chi connectivity index (χ4v) is 4.01. The second kappa shape index (κ2) is 14.1. The summed E-state index contributed by atoms with van der Waals surface area (Å²) in [6.45, 7) is 1.14. The molecular weight excluding hydrogens is 539 g/mol. The molecule has 38 heavy (non-hydrogen) atoms. The summed E-state index contributed by atoms with van der Waals surface area (Å²) < 4.78 is 36.2. The monoisotopic (exact) mass is 567 g/mol. The van der Waals surface area contributed by atoms with Crippen LogP contribution in [-0.2, 0) is 0 Å². The molecule has 0 saturated carbocycles. The van der Waals surface area contributed by atoms with Gasteiger partial charge in [0.25, 0.3) is 0 Å². The molecule has 0 radical (unpaired) electrons. The Morgan fingerprint density at radius 2 is 2.05 bits per heavy atom. The van der Waals surface area contributed by atoms with Crippen LogP contribution in [0, 0.1) is 11.5 Å². The number of benzene rings is 2. The molecule has 0 aromatic heterocycles. The number of halogens is 4. The lowest BCUT2D eigenvalue weighted by molar-refractivity contribution is -0.0498. The SMILES string of the molecule is CCNC1CN(C(=Nc2cc(OC(F)F)ccc2OCCCN(C)C)NC#N)N=C1c1ccc(Cl)c(Cl)c1. The molecule has 0 aliphatic carbocycles. The highest BCUT2D eigenvalue weighted by molar-refractivity contribution is 6.42. The number of likely N-dealkylation sites (N-methyl/N-ethyl adjacent to an activating group) is 1. The number of alkyl halides is 2. The van der Waals surface area contributed by atoms with Gasteiger partial charge in [0.15, 0.2) is 6.19 Å². The summed E-state index contributed by atoms with van der Waals surface area (Å²) in [6, 6.07) is 9.21. The van der Waals surface area contributed by atoms with Gasteiger partial charge in [-0.3, -0.25) is 5.32 Å². The van der Waals surface area contributed by atoms with Crippen LogP contribution in [-0.4, -0.2) is 74.6 Å². The highest BCUT2D eigenvalue weighted by Crippen LogP contribution is 2.33. The molecule has 1 atom stereocenters. The fourth-order valence-electron chi connectivity index (χ4n) is 3.72. The first-order valence-corrected chi connectivity index (χ1v) is 12.6. The number of guanidine groups is 1. The molecule has 0 bridgehead atoms. The van der Waals surface area contributed by atoms with E-state index in [1.807, 2.05) is 32.1 Å². The molecule has 2 aromatic rings. The average Bonchev–Trinajstić information content (AvgIpc) is 3.28. The van der Waals surface area contributed by atoms with E-state index in [9.17, 15) is 14.0 Å². The predicted molar refractivity (Wildman–Crippen MR) is 145 cm³/mol. The van der Waals surface area contributed by atoms with Crippen molar-refractivity contribution in [3.63, 3.8) is 0 Å². The van der Waals surface area contributed by atoms with Crippen molar-refractivity contribution in [1.82, 2.24) is 20.5 Å². The predicted octanol–water partition coefficient (Wildman–Crippen LogP) is 4.68. The Morgan fingerprint density at radius 3 is 2.71 bits per heavy atom. The van der Waals surface area contributed by atoms with Crippen molar-refractivity contribution < 1.29 is 18.3 Å². The van der Waals surface area contributed by atoms with Gasteiger partial charge >= 0.3 is 6.61 Å². The molecule has 0 fully saturated rings. The Labute approximate surface area is 230 Å². The summed E-state index contributed by atoms with van der Waals surface area (Å²) in [6.07, 6.45) is 2.60. The van der Waals surface area contributed by atoms with E-state index in [2.05, 4.69) is 25.5 Å². The van der Waals surface area contributed by atoms with Crippen molar-refractivity contribution in [2.75, 3.05) is 40.3 Å². The normalized spacial score (nSPS) is 15.6. The first-order valence-electron chi connectivity index (χ1n) is 11.9. The lowest BCUT2D eigenvalue weighted by Gasteiger charge is -2.18. The van der Waals surface area contributed by atoms with Gasteiger partial charge in [0.05, 0.1) is 35.0 Å². The molecule has 9 nitrogen and oxygen atoms in total. The number of hydrogen-bond donors (Lipinski definition) is 2. The average molecular weight is 568 g/mol. The summed E-state index contributed by atoms with van der Waals surface area (Å²) in [5.41, 5.74) is 1.62. The number of ether oxygens (including phenoxy) is 2. The van der Waals surface area contributed by atoms with Gasteiger partial charge in [0.1, 0.15) is 17.2 Å². The van der Waals surface area contributed by atoms with Gasteiger partial charge in [-0.05, 0) is 51.3 Å². The third-order valence-electron chi connectivity index (χ3n) is 5.38. The number of nitriles is 1. The van der Waals surface area contributed by atoms with Gasteiger partial charge < -0.3 is 19.7 Å². The smallest absolute Gasteiger partial charge is 0.387 e. The molecule has 0 spiro atoms. The molecule has 2 aromatic carbocycles. The minimum absolute atomic E-state index is 0.0813. The van der Waals surface area contributed by atoms with Gasteiger partial charge in [0, 0.05) is 18.2 Å². The summed E-state index contributed by atoms with van der Waals surface area (Å²) in [7, 11) is 3.91. The van der Waals surface area contributed by atoms with Crippen LogP contribution < -0.4 is 20.1 Å². The fraction of sp³-hybridized carbons (Fsp3) is 0.400. The van der Waals surface area contributed by atoms with Crippen molar-refractivity contribution in [2.45, 2.75) is 26.0 Å². The van der Waals surface area contributed by atoms with E-state index in [1.54, 1.807) is 18.2 Å². The number of nitrogens with one attached hydrogen (secondary N) is 2. The van der Waals surface area contributed by atoms with Crippen LogP contribution >= 0.6 is 23.2 Å². The van der Waals surface area contributed by atoms with E-state index in [4.69, 9.17) is 27.9 Å². The van der Waals surface area contributed by atoms with E-state index >= 15 is 0 Å². The quantitative estimate of drug-likeness (QED) is 0.134. The molecule has 204 valence electrons. The van der Waals surface area contributed by atoms with Crippen LogP contribution in [0.5, 0.6) is 11.5 Å². The number of aliphatic imine (C=N–C) groups is 1. The molecule has 2 N–H and O–H groups in total. The first-order chi connectivity index (χ1) is 18.2. The van der Waals surface area contributed by atoms with Crippen LogP contribution in [0.2, 0.25) is 10.0 Å². The zero-order valence-electron chi connectivity index (χ0n) is 21.2. The minimum Gasteiger partial charge on any atom is -0.491 e. The summed E-state index contributed by atoms with van der Waals surface area (Å²) >= 11 is 12.3. The maximum absolute atomic E-state index is 12.9. The number of nitrogens with zero attached hydrogens (tertiary/aromatic N) is 5. The number of rotatable bonds is 11. The third kappa shape index (κ3) is 8.16. The van der Waals surface area contributed by atoms with Crippen molar-refractivity contribution in [2.24, 2.45) is 10.1 Å². The maximum atomic E-state index is 12.9. The topological polar surface area (TPSA) is 97.5 Å². The zero-order chi connectivity index (χ0) is 27.7. The van der Waals surface area contributed by atoms with Crippen LogP contribution in [0.15, 0.2) is 46.5 Å².